The van der Waals surface area contributed by atoms with E-state index in [0.29, 0.717) is 16.6 Å². The minimum absolute atomic E-state index is 0.00570. The molecule has 0 atom stereocenters. The lowest BCUT2D eigenvalue weighted by Gasteiger charge is -2.14. The molecule has 0 unspecified atom stereocenters. The zero-order valence-corrected chi connectivity index (χ0v) is 17.9. The normalized spacial score (nSPS) is 10.9. The Morgan fingerprint density at radius 3 is 2.63 bits per heavy atom. The highest BCUT2D eigenvalue weighted by molar-refractivity contribution is 9.10. The highest BCUT2D eigenvalue weighted by atomic mass is 79.9. The van der Waals surface area contributed by atoms with Crippen molar-refractivity contribution in [1.82, 2.24) is 9.55 Å². The number of para-hydroxylation sites is 2. The van der Waals surface area contributed by atoms with E-state index in [1.165, 1.54) is 16.7 Å². The van der Waals surface area contributed by atoms with Crippen LogP contribution in [0, 0.1) is 5.82 Å². The average Bonchev–Trinajstić information content (AvgIpc) is 2.73. The summed E-state index contributed by atoms with van der Waals surface area (Å²) in [5.74, 6) is -0.802. The number of nitrogens with zero attached hydrogens (tertiary/aromatic N) is 2. The number of carbonyl (C=O) groups is 1. The number of aromatic nitrogens is 2. The molecule has 0 aliphatic heterocycles. The molecular formula is C22H15BrFN3O2S. The van der Waals surface area contributed by atoms with E-state index in [2.05, 4.69) is 26.2 Å². The van der Waals surface area contributed by atoms with Gasteiger partial charge in [0.15, 0.2) is 5.16 Å². The maximum atomic E-state index is 14.5. The summed E-state index contributed by atoms with van der Waals surface area (Å²) in [6, 6.07) is 20.1. The Kier molecular flexibility index (Phi) is 5.96. The van der Waals surface area contributed by atoms with E-state index in [0.717, 1.165) is 16.2 Å². The maximum absolute atomic E-state index is 14.5. The lowest BCUT2D eigenvalue weighted by Crippen LogP contribution is -2.23. The summed E-state index contributed by atoms with van der Waals surface area (Å²) in [5.41, 5.74) is 0.842. The predicted octanol–water partition coefficient (Wildman–Crippen LogP) is 5.02. The van der Waals surface area contributed by atoms with Crippen LogP contribution in [0.1, 0.15) is 0 Å². The molecule has 1 heterocycles. The summed E-state index contributed by atoms with van der Waals surface area (Å²) in [5, 5.41) is 3.42. The molecule has 5 nitrogen and oxygen atoms in total. The van der Waals surface area contributed by atoms with Crippen LogP contribution < -0.4 is 10.9 Å². The molecule has 1 aromatic heterocycles. The SMILES string of the molecule is O=C(CSc1nc2ccccc2c(=O)n1-c1ccccc1F)Nc1cccc(Br)c1. The fourth-order valence-corrected chi connectivity index (χ4v) is 4.15. The molecule has 0 aliphatic rings. The Labute approximate surface area is 184 Å². The van der Waals surface area contributed by atoms with Crippen LogP contribution in [0.2, 0.25) is 0 Å². The van der Waals surface area contributed by atoms with Gasteiger partial charge in [-0.05, 0) is 42.5 Å². The molecule has 1 amide bonds. The number of thioether (sulfide) groups is 1. The van der Waals surface area contributed by atoms with Crippen molar-refractivity contribution in [2.24, 2.45) is 0 Å². The van der Waals surface area contributed by atoms with Crippen molar-refractivity contribution in [3.63, 3.8) is 0 Å². The summed E-state index contributed by atoms with van der Waals surface area (Å²) in [6.07, 6.45) is 0. The van der Waals surface area contributed by atoms with Gasteiger partial charge in [0.25, 0.3) is 5.56 Å². The lowest BCUT2D eigenvalue weighted by atomic mass is 10.2. The Hall–Kier alpha value is -2.97. The number of fused-ring (bicyclic) bond motifs is 1. The second-order valence-electron chi connectivity index (χ2n) is 6.35. The van der Waals surface area contributed by atoms with Crippen molar-refractivity contribution in [2.45, 2.75) is 5.16 Å². The molecule has 0 radical (unpaired) electrons. The largest absolute Gasteiger partial charge is 0.325 e. The van der Waals surface area contributed by atoms with Crippen molar-refractivity contribution in [1.29, 1.82) is 0 Å². The van der Waals surface area contributed by atoms with Gasteiger partial charge in [0.05, 0.1) is 22.3 Å². The zero-order valence-electron chi connectivity index (χ0n) is 15.5. The molecule has 8 heteroatoms. The van der Waals surface area contributed by atoms with Crippen molar-refractivity contribution in [2.75, 3.05) is 11.1 Å². The van der Waals surface area contributed by atoms with Gasteiger partial charge in [-0.15, -0.1) is 0 Å². The predicted molar refractivity (Wildman–Crippen MR) is 121 cm³/mol. The Bertz CT molecular complexity index is 1310. The fourth-order valence-electron chi connectivity index (χ4n) is 2.95. The summed E-state index contributed by atoms with van der Waals surface area (Å²) < 4.78 is 16.5. The first-order valence-electron chi connectivity index (χ1n) is 8.98. The third-order valence-electron chi connectivity index (χ3n) is 4.28. The minimum atomic E-state index is -0.544. The maximum Gasteiger partial charge on any atom is 0.266 e. The summed E-state index contributed by atoms with van der Waals surface area (Å²) in [6.45, 7) is 0. The van der Waals surface area contributed by atoms with Gasteiger partial charge in [0.1, 0.15) is 5.82 Å². The molecule has 0 aliphatic carbocycles. The number of hydrogen-bond acceptors (Lipinski definition) is 4. The first-order chi connectivity index (χ1) is 14.5. The highest BCUT2D eigenvalue weighted by Gasteiger charge is 2.17. The molecule has 3 aromatic carbocycles. The molecular weight excluding hydrogens is 469 g/mol. The van der Waals surface area contributed by atoms with E-state index in [-0.39, 0.29) is 28.1 Å². The van der Waals surface area contributed by atoms with Crippen molar-refractivity contribution in [3.05, 3.63) is 93.4 Å². The van der Waals surface area contributed by atoms with Crippen LogP contribution in [0.5, 0.6) is 0 Å². The number of hydrogen-bond donors (Lipinski definition) is 1. The molecule has 0 spiro atoms. The fraction of sp³-hybridized carbons (Fsp3) is 0.0455. The molecule has 0 bridgehead atoms. The average molecular weight is 484 g/mol. The van der Waals surface area contributed by atoms with Crippen LogP contribution in [0.15, 0.2) is 87.2 Å². The smallest absolute Gasteiger partial charge is 0.266 e. The van der Waals surface area contributed by atoms with Crippen LogP contribution in [0.25, 0.3) is 16.6 Å². The third-order valence-corrected chi connectivity index (χ3v) is 5.71. The topological polar surface area (TPSA) is 64.0 Å². The van der Waals surface area contributed by atoms with Gasteiger partial charge >= 0.3 is 0 Å². The number of carbonyl (C=O) groups excluding carboxylic acids is 1. The van der Waals surface area contributed by atoms with Crippen molar-refractivity contribution >= 4 is 50.2 Å². The standard InChI is InChI=1S/C22H15BrFN3O2S/c23-14-6-5-7-15(12-14)25-20(28)13-30-22-26-18-10-3-1-8-16(18)21(29)27(22)19-11-4-2-9-17(19)24/h1-12H,13H2,(H,25,28). The monoisotopic (exact) mass is 483 g/mol. The van der Waals surface area contributed by atoms with Crippen LogP contribution in [0.4, 0.5) is 10.1 Å². The second kappa shape index (κ2) is 8.81. The quantitative estimate of drug-likeness (QED) is 0.319. The number of anilines is 1. The van der Waals surface area contributed by atoms with Gasteiger partial charge < -0.3 is 5.32 Å². The second-order valence-corrected chi connectivity index (χ2v) is 8.21. The van der Waals surface area contributed by atoms with Gasteiger partial charge in [-0.25, -0.2) is 9.37 Å². The number of benzene rings is 3. The molecule has 4 aromatic rings. The summed E-state index contributed by atoms with van der Waals surface area (Å²) >= 11 is 4.43. The summed E-state index contributed by atoms with van der Waals surface area (Å²) in [7, 11) is 0. The summed E-state index contributed by atoms with van der Waals surface area (Å²) in [4.78, 5) is 30.1. The Morgan fingerprint density at radius 1 is 1.07 bits per heavy atom. The minimum Gasteiger partial charge on any atom is -0.325 e. The van der Waals surface area contributed by atoms with Gasteiger partial charge in [-0.2, -0.15) is 0 Å². The van der Waals surface area contributed by atoms with Gasteiger partial charge in [-0.1, -0.05) is 58.0 Å². The third kappa shape index (κ3) is 4.29. The molecule has 0 fully saturated rings. The van der Waals surface area contributed by atoms with Crippen LogP contribution in [-0.2, 0) is 4.79 Å². The van der Waals surface area contributed by atoms with Crippen LogP contribution >= 0.6 is 27.7 Å². The first kappa shape index (κ1) is 20.3. The molecule has 150 valence electrons. The number of halogens is 2. The number of amides is 1. The van der Waals surface area contributed by atoms with Crippen molar-refractivity contribution in [3.8, 4) is 5.69 Å². The van der Waals surface area contributed by atoms with Gasteiger partial charge in [0.2, 0.25) is 5.91 Å². The highest BCUT2D eigenvalue weighted by Crippen LogP contribution is 2.23. The van der Waals surface area contributed by atoms with Crippen LogP contribution in [-0.4, -0.2) is 21.2 Å². The lowest BCUT2D eigenvalue weighted by molar-refractivity contribution is -0.113. The Balaban J connectivity index is 1.69. The first-order valence-corrected chi connectivity index (χ1v) is 10.8. The molecule has 1 N–H and O–H groups in total. The van der Waals surface area contributed by atoms with Crippen LogP contribution in [0.3, 0.4) is 0 Å². The van der Waals surface area contributed by atoms with E-state index < -0.39 is 5.82 Å². The molecule has 4 rings (SSSR count). The van der Waals surface area contributed by atoms with Gasteiger partial charge in [-0.3, -0.25) is 14.2 Å². The molecule has 0 saturated heterocycles. The van der Waals surface area contributed by atoms with Crippen molar-refractivity contribution < 1.29 is 9.18 Å². The number of nitrogens with one attached hydrogen (secondary N) is 1. The van der Waals surface area contributed by atoms with E-state index in [1.807, 2.05) is 12.1 Å². The van der Waals surface area contributed by atoms with E-state index in [9.17, 15) is 14.0 Å². The van der Waals surface area contributed by atoms with E-state index in [4.69, 9.17) is 0 Å². The van der Waals surface area contributed by atoms with E-state index >= 15 is 0 Å². The van der Waals surface area contributed by atoms with Gasteiger partial charge in [0, 0.05) is 10.2 Å². The van der Waals surface area contributed by atoms with E-state index in [1.54, 1.807) is 48.5 Å². The zero-order chi connectivity index (χ0) is 21.1. The molecule has 30 heavy (non-hydrogen) atoms. The Morgan fingerprint density at radius 2 is 1.83 bits per heavy atom. The number of rotatable bonds is 5. The molecule has 0 saturated carbocycles.